The van der Waals surface area contributed by atoms with Gasteiger partial charge in [-0.15, -0.1) is 0 Å². The average molecular weight is 170 g/mol. The summed E-state index contributed by atoms with van der Waals surface area (Å²) in [5.41, 5.74) is 0. The van der Waals surface area contributed by atoms with E-state index in [0.29, 0.717) is 5.92 Å². The Morgan fingerprint density at radius 1 is 1.33 bits per heavy atom. The number of carbonyl (C=O) groups excluding carboxylic acids is 1. The maximum atomic E-state index is 10.6. The van der Waals surface area contributed by atoms with Gasteiger partial charge in [-0.2, -0.15) is 0 Å². The summed E-state index contributed by atoms with van der Waals surface area (Å²) in [6, 6.07) is 0. The van der Waals surface area contributed by atoms with Crippen LogP contribution in [0.15, 0.2) is 0 Å². The third kappa shape index (κ3) is 1.08. The number of ether oxygens (including phenoxy) is 2. The summed E-state index contributed by atoms with van der Waals surface area (Å²) in [7, 11) is 0. The molecule has 0 aliphatic carbocycles. The van der Waals surface area contributed by atoms with E-state index in [1.54, 1.807) is 0 Å². The van der Waals surface area contributed by atoms with E-state index < -0.39 is 0 Å². The molecule has 0 radical (unpaired) electrons. The first-order valence-electron chi connectivity index (χ1n) is 4.48. The number of carbonyl (C=O) groups is 1. The summed E-state index contributed by atoms with van der Waals surface area (Å²) in [6.07, 6.45) is 1.67. The van der Waals surface area contributed by atoms with Crippen LogP contribution >= 0.6 is 0 Å². The van der Waals surface area contributed by atoms with Crippen LogP contribution in [0.25, 0.3) is 0 Å². The molecule has 2 fully saturated rings. The fourth-order valence-electron chi connectivity index (χ4n) is 2.17. The molecule has 0 amide bonds. The zero-order valence-corrected chi connectivity index (χ0v) is 7.40. The molecule has 0 aromatic rings. The highest BCUT2D eigenvalue weighted by molar-refractivity contribution is 5.57. The Morgan fingerprint density at radius 2 is 2.08 bits per heavy atom. The molecule has 2 rings (SSSR count). The van der Waals surface area contributed by atoms with Crippen LogP contribution in [0, 0.1) is 11.8 Å². The van der Waals surface area contributed by atoms with E-state index in [1.807, 2.05) is 6.92 Å². The summed E-state index contributed by atoms with van der Waals surface area (Å²) in [5, 5.41) is 0. The molecular formula is C9H14O3. The first-order valence-corrected chi connectivity index (χ1v) is 4.48. The van der Waals surface area contributed by atoms with Crippen LogP contribution in [0.4, 0.5) is 0 Å². The SMILES string of the molecule is CC1CC2OC(C=O)C(C)C1O2. The molecule has 2 saturated heterocycles. The largest absolute Gasteiger partial charge is 0.349 e. The molecule has 12 heavy (non-hydrogen) atoms. The summed E-state index contributed by atoms with van der Waals surface area (Å²) < 4.78 is 11.0. The van der Waals surface area contributed by atoms with E-state index in [0.717, 1.165) is 12.7 Å². The highest BCUT2D eigenvalue weighted by Crippen LogP contribution is 2.38. The van der Waals surface area contributed by atoms with Gasteiger partial charge in [-0.05, 0) is 5.92 Å². The molecule has 0 aromatic carbocycles. The fourth-order valence-corrected chi connectivity index (χ4v) is 2.17. The molecule has 0 spiro atoms. The van der Waals surface area contributed by atoms with Crippen LogP contribution in [-0.4, -0.2) is 24.8 Å². The van der Waals surface area contributed by atoms with Gasteiger partial charge in [0.25, 0.3) is 0 Å². The van der Waals surface area contributed by atoms with E-state index in [4.69, 9.17) is 9.47 Å². The van der Waals surface area contributed by atoms with Gasteiger partial charge in [-0.3, -0.25) is 0 Å². The molecule has 3 heteroatoms. The molecule has 0 aromatic heterocycles. The minimum absolute atomic E-state index is 0.128. The second-order valence-electron chi connectivity index (χ2n) is 3.84. The van der Waals surface area contributed by atoms with Gasteiger partial charge >= 0.3 is 0 Å². The van der Waals surface area contributed by atoms with E-state index in [9.17, 15) is 4.79 Å². The molecule has 68 valence electrons. The lowest BCUT2D eigenvalue weighted by Gasteiger charge is -2.32. The number of rotatable bonds is 1. The Morgan fingerprint density at radius 3 is 2.75 bits per heavy atom. The average Bonchev–Trinajstić information content (AvgIpc) is 2.37. The van der Waals surface area contributed by atoms with Crippen molar-refractivity contribution < 1.29 is 14.3 Å². The van der Waals surface area contributed by atoms with Gasteiger partial charge in [-0.1, -0.05) is 13.8 Å². The maximum absolute atomic E-state index is 10.6. The fraction of sp³-hybridized carbons (Fsp3) is 0.889. The third-order valence-electron chi connectivity index (χ3n) is 2.91. The van der Waals surface area contributed by atoms with Crippen LogP contribution in [0.2, 0.25) is 0 Å². The molecule has 5 unspecified atom stereocenters. The molecule has 5 atom stereocenters. The van der Waals surface area contributed by atoms with Crippen LogP contribution in [-0.2, 0) is 14.3 Å². The topological polar surface area (TPSA) is 35.5 Å². The van der Waals surface area contributed by atoms with Crippen molar-refractivity contribution in [1.82, 2.24) is 0 Å². The quantitative estimate of drug-likeness (QED) is 0.550. The van der Waals surface area contributed by atoms with Crippen molar-refractivity contribution in [3.63, 3.8) is 0 Å². The number of aldehydes is 1. The van der Waals surface area contributed by atoms with E-state index >= 15 is 0 Å². The van der Waals surface area contributed by atoms with Crippen LogP contribution in [0.3, 0.4) is 0 Å². The highest BCUT2D eigenvalue weighted by Gasteiger charge is 2.45. The lowest BCUT2D eigenvalue weighted by atomic mass is 9.91. The van der Waals surface area contributed by atoms with Crippen molar-refractivity contribution in [2.45, 2.75) is 38.8 Å². The van der Waals surface area contributed by atoms with E-state index in [2.05, 4.69) is 6.92 Å². The monoisotopic (exact) mass is 170 g/mol. The molecule has 2 bridgehead atoms. The normalized spacial score (nSPS) is 52.3. The predicted octanol–water partition coefficient (Wildman–Crippen LogP) is 0.971. The van der Waals surface area contributed by atoms with Gasteiger partial charge in [0.1, 0.15) is 12.4 Å². The van der Waals surface area contributed by atoms with E-state index in [-0.39, 0.29) is 24.4 Å². The summed E-state index contributed by atoms with van der Waals surface area (Å²) in [6.45, 7) is 4.17. The number of hydrogen-bond donors (Lipinski definition) is 0. The second kappa shape index (κ2) is 2.82. The smallest absolute Gasteiger partial charge is 0.159 e. The molecule has 2 heterocycles. The van der Waals surface area contributed by atoms with Crippen LogP contribution < -0.4 is 0 Å². The maximum Gasteiger partial charge on any atom is 0.159 e. The van der Waals surface area contributed by atoms with Gasteiger partial charge in [0, 0.05) is 12.3 Å². The zero-order valence-electron chi connectivity index (χ0n) is 7.40. The Hall–Kier alpha value is -0.410. The summed E-state index contributed by atoms with van der Waals surface area (Å²) in [4.78, 5) is 10.6. The first-order chi connectivity index (χ1) is 5.72. The van der Waals surface area contributed by atoms with Crippen molar-refractivity contribution in [2.24, 2.45) is 11.8 Å². The van der Waals surface area contributed by atoms with Crippen molar-refractivity contribution >= 4 is 6.29 Å². The Labute approximate surface area is 72.0 Å². The molecule has 0 N–H and O–H groups in total. The number of hydrogen-bond acceptors (Lipinski definition) is 3. The summed E-state index contributed by atoms with van der Waals surface area (Å²) in [5.74, 6) is 0.728. The minimum atomic E-state index is -0.251. The molecule has 2 aliphatic heterocycles. The van der Waals surface area contributed by atoms with Crippen molar-refractivity contribution in [1.29, 1.82) is 0 Å². The predicted molar refractivity (Wildman–Crippen MR) is 42.5 cm³/mol. The Kier molecular flexibility index (Phi) is 1.93. The Bertz CT molecular complexity index is 192. The molecule has 0 saturated carbocycles. The molecular weight excluding hydrogens is 156 g/mol. The number of fused-ring (bicyclic) bond motifs is 2. The lowest BCUT2D eigenvalue weighted by Crippen LogP contribution is -2.41. The van der Waals surface area contributed by atoms with Gasteiger partial charge in [0.2, 0.25) is 0 Å². The molecule has 2 aliphatic rings. The van der Waals surface area contributed by atoms with Crippen molar-refractivity contribution in [3.8, 4) is 0 Å². The van der Waals surface area contributed by atoms with Crippen LogP contribution in [0.5, 0.6) is 0 Å². The third-order valence-corrected chi connectivity index (χ3v) is 2.91. The lowest BCUT2D eigenvalue weighted by molar-refractivity contribution is -0.225. The van der Waals surface area contributed by atoms with Crippen molar-refractivity contribution in [2.75, 3.05) is 0 Å². The van der Waals surface area contributed by atoms with Gasteiger partial charge in [-0.25, -0.2) is 0 Å². The molecule has 3 nitrogen and oxygen atoms in total. The second-order valence-corrected chi connectivity index (χ2v) is 3.84. The summed E-state index contributed by atoms with van der Waals surface area (Å²) >= 11 is 0. The highest BCUT2D eigenvalue weighted by atomic mass is 16.7. The standard InChI is InChI=1S/C9H14O3/c1-5-3-8-11-7(4-10)6(2)9(5)12-8/h4-9H,3H2,1-2H3. The van der Waals surface area contributed by atoms with Gasteiger partial charge in [0.05, 0.1) is 6.10 Å². The minimum Gasteiger partial charge on any atom is -0.349 e. The Balaban J connectivity index is 2.15. The van der Waals surface area contributed by atoms with E-state index in [1.165, 1.54) is 0 Å². The van der Waals surface area contributed by atoms with Gasteiger partial charge < -0.3 is 14.3 Å². The van der Waals surface area contributed by atoms with Gasteiger partial charge in [0.15, 0.2) is 6.29 Å². The van der Waals surface area contributed by atoms with Crippen molar-refractivity contribution in [3.05, 3.63) is 0 Å². The first kappa shape index (κ1) is 8.20. The van der Waals surface area contributed by atoms with Crippen LogP contribution in [0.1, 0.15) is 20.3 Å². The zero-order chi connectivity index (χ0) is 8.72.